The summed E-state index contributed by atoms with van der Waals surface area (Å²) in [6.45, 7) is 6.48. The zero-order valence-corrected chi connectivity index (χ0v) is 13.0. The minimum atomic E-state index is -0.505. The molecule has 21 heavy (non-hydrogen) atoms. The van der Waals surface area contributed by atoms with Gasteiger partial charge in [0.1, 0.15) is 0 Å². The Morgan fingerprint density at radius 2 is 2.05 bits per heavy atom. The van der Waals surface area contributed by atoms with Crippen LogP contribution in [-0.2, 0) is 9.53 Å². The van der Waals surface area contributed by atoms with Crippen molar-refractivity contribution < 1.29 is 19.0 Å². The monoisotopic (exact) mass is 308 g/mol. The van der Waals surface area contributed by atoms with Crippen LogP contribution < -0.4 is 9.47 Å². The number of allylic oxidation sites excluding steroid dienone is 1. The van der Waals surface area contributed by atoms with Crippen LogP contribution in [0.4, 0.5) is 0 Å². The first-order valence-corrected chi connectivity index (χ1v) is 7.38. The van der Waals surface area contributed by atoms with Crippen LogP contribution in [0, 0.1) is 5.92 Å². The Hall–Kier alpha value is -1.68. The van der Waals surface area contributed by atoms with E-state index < -0.39 is 5.38 Å². The smallest absolute Gasteiger partial charge is 0.336 e. The molecule has 0 saturated carbocycles. The number of alkyl halides is 1. The molecule has 112 valence electrons. The first kappa shape index (κ1) is 14.3. The number of hydrogen-bond acceptors (Lipinski definition) is 4. The van der Waals surface area contributed by atoms with Crippen molar-refractivity contribution in [1.82, 2.24) is 0 Å². The molecule has 3 rings (SSSR count). The second kappa shape index (κ2) is 5.26. The Morgan fingerprint density at radius 1 is 1.38 bits per heavy atom. The molecule has 4 nitrogen and oxygen atoms in total. The number of carbonyl (C=O) groups excluding carboxylic acids is 1. The lowest BCUT2D eigenvalue weighted by Crippen LogP contribution is -2.13. The zero-order valence-electron chi connectivity index (χ0n) is 12.2. The molecule has 0 spiro atoms. The third-order valence-corrected chi connectivity index (χ3v) is 4.10. The molecule has 5 heteroatoms. The quantitative estimate of drug-likeness (QED) is 0.631. The van der Waals surface area contributed by atoms with E-state index in [0.29, 0.717) is 23.7 Å². The Bertz CT molecular complexity index is 633. The van der Waals surface area contributed by atoms with Gasteiger partial charge in [0.05, 0.1) is 17.6 Å². The molecular formula is C16H17ClO4. The summed E-state index contributed by atoms with van der Waals surface area (Å²) in [6.07, 6.45) is 0. The maximum Gasteiger partial charge on any atom is 0.336 e. The molecule has 0 saturated heterocycles. The van der Waals surface area contributed by atoms with E-state index in [2.05, 4.69) is 0 Å². The summed E-state index contributed by atoms with van der Waals surface area (Å²) < 4.78 is 16.1. The van der Waals surface area contributed by atoms with Crippen molar-refractivity contribution >= 4 is 23.1 Å². The van der Waals surface area contributed by atoms with Crippen molar-refractivity contribution in [2.45, 2.75) is 26.1 Å². The highest BCUT2D eigenvalue weighted by atomic mass is 35.5. The van der Waals surface area contributed by atoms with Crippen LogP contribution in [0.1, 0.15) is 37.3 Å². The van der Waals surface area contributed by atoms with Crippen LogP contribution in [0.3, 0.4) is 0 Å². The van der Waals surface area contributed by atoms with Gasteiger partial charge in [-0.3, -0.25) is 0 Å². The Balaban J connectivity index is 1.93. The van der Waals surface area contributed by atoms with Crippen LogP contribution in [0.2, 0.25) is 0 Å². The molecule has 0 amide bonds. The summed E-state index contributed by atoms with van der Waals surface area (Å²) in [7, 11) is 0. The lowest BCUT2D eigenvalue weighted by molar-refractivity contribution is -0.140. The summed E-state index contributed by atoms with van der Waals surface area (Å²) in [6, 6.07) is 3.73. The topological polar surface area (TPSA) is 44.8 Å². The number of rotatable bonds is 3. The fourth-order valence-corrected chi connectivity index (χ4v) is 2.99. The van der Waals surface area contributed by atoms with Gasteiger partial charge >= 0.3 is 5.97 Å². The Morgan fingerprint density at radius 3 is 2.71 bits per heavy atom. The maximum atomic E-state index is 12.3. The number of fused-ring (bicyclic) bond motifs is 2. The van der Waals surface area contributed by atoms with E-state index in [-0.39, 0.29) is 18.7 Å². The number of esters is 1. The molecule has 1 atom stereocenters. The van der Waals surface area contributed by atoms with Crippen molar-refractivity contribution in [2.75, 3.05) is 13.4 Å². The Labute approximate surface area is 128 Å². The number of hydrogen-bond donors (Lipinski definition) is 0. The SMILES string of the molecule is CC1=C(C(=O)OCC(C)C)C(Cl)c2cc3c(cc21)OCO3. The molecule has 1 heterocycles. The fourth-order valence-electron chi connectivity index (χ4n) is 2.56. The standard InChI is InChI=1S/C16H17ClO4/c1-8(2)6-19-16(18)14-9(3)10-4-12-13(21-7-20-12)5-11(10)15(14)17/h4-5,8,15H,6-7H2,1-3H3. The normalized spacial score (nSPS) is 19.2. The fraction of sp³-hybridized carbons (Fsp3) is 0.438. The van der Waals surface area contributed by atoms with Gasteiger partial charge in [-0.25, -0.2) is 4.79 Å². The molecule has 1 aromatic carbocycles. The number of benzene rings is 1. The van der Waals surface area contributed by atoms with Gasteiger partial charge in [0.2, 0.25) is 6.79 Å². The van der Waals surface area contributed by atoms with E-state index in [1.807, 2.05) is 32.9 Å². The van der Waals surface area contributed by atoms with Gasteiger partial charge in [0.15, 0.2) is 11.5 Å². The molecule has 1 unspecified atom stereocenters. The zero-order chi connectivity index (χ0) is 15.1. The van der Waals surface area contributed by atoms with Crippen LogP contribution in [0.25, 0.3) is 5.57 Å². The average molecular weight is 309 g/mol. The van der Waals surface area contributed by atoms with Crippen LogP contribution in [0.5, 0.6) is 11.5 Å². The lowest BCUT2D eigenvalue weighted by atomic mass is 10.1. The number of ether oxygens (including phenoxy) is 3. The largest absolute Gasteiger partial charge is 0.462 e. The second-order valence-corrected chi connectivity index (χ2v) is 6.12. The third-order valence-electron chi connectivity index (χ3n) is 3.65. The maximum absolute atomic E-state index is 12.3. The summed E-state index contributed by atoms with van der Waals surface area (Å²) in [5.41, 5.74) is 3.15. The molecule has 0 aromatic heterocycles. The predicted octanol–water partition coefficient (Wildman–Crippen LogP) is 3.68. The second-order valence-electron chi connectivity index (χ2n) is 5.69. The summed E-state index contributed by atoms with van der Waals surface area (Å²) in [4.78, 5) is 12.3. The van der Waals surface area contributed by atoms with Gasteiger partial charge in [-0.05, 0) is 41.7 Å². The molecular weight excluding hydrogens is 292 g/mol. The first-order chi connectivity index (χ1) is 9.99. The Kier molecular flexibility index (Phi) is 3.57. The minimum Gasteiger partial charge on any atom is -0.462 e. The molecule has 1 aromatic rings. The van der Waals surface area contributed by atoms with Gasteiger partial charge in [0, 0.05) is 0 Å². The van der Waals surface area contributed by atoms with Crippen molar-refractivity contribution in [2.24, 2.45) is 5.92 Å². The van der Waals surface area contributed by atoms with E-state index in [1.54, 1.807) is 0 Å². The van der Waals surface area contributed by atoms with E-state index in [0.717, 1.165) is 16.7 Å². The molecule has 1 aliphatic heterocycles. The molecule has 0 radical (unpaired) electrons. The highest BCUT2D eigenvalue weighted by molar-refractivity contribution is 6.28. The summed E-state index contributed by atoms with van der Waals surface area (Å²) >= 11 is 6.46. The van der Waals surface area contributed by atoms with Gasteiger partial charge in [-0.2, -0.15) is 0 Å². The van der Waals surface area contributed by atoms with Gasteiger partial charge in [-0.1, -0.05) is 13.8 Å². The van der Waals surface area contributed by atoms with E-state index in [1.165, 1.54) is 0 Å². The summed E-state index contributed by atoms with van der Waals surface area (Å²) in [5, 5.41) is -0.505. The summed E-state index contributed by atoms with van der Waals surface area (Å²) in [5.74, 6) is 1.30. The molecule has 0 N–H and O–H groups in total. The highest BCUT2D eigenvalue weighted by Crippen LogP contribution is 2.49. The molecule has 0 fully saturated rings. The third kappa shape index (κ3) is 2.38. The molecule has 0 bridgehead atoms. The first-order valence-electron chi connectivity index (χ1n) is 6.95. The van der Waals surface area contributed by atoms with Crippen molar-refractivity contribution in [3.63, 3.8) is 0 Å². The van der Waals surface area contributed by atoms with Gasteiger partial charge in [-0.15, -0.1) is 11.6 Å². The number of halogens is 1. The number of carbonyl (C=O) groups is 1. The van der Waals surface area contributed by atoms with Crippen molar-refractivity contribution in [1.29, 1.82) is 0 Å². The van der Waals surface area contributed by atoms with Crippen molar-refractivity contribution in [3.8, 4) is 11.5 Å². The predicted molar refractivity (Wildman–Crippen MR) is 79.6 cm³/mol. The van der Waals surface area contributed by atoms with E-state index in [4.69, 9.17) is 25.8 Å². The molecule has 2 aliphatic rings. The van der Waals surface area contributed by atoms with Crippen molar-refractivity contribution in [3.05, 3.63) is 28.8 Å². The van der Waals surface area contributed by atoms with E-state index in [9.17, 15) is 4.79 Å². The highest BCUT2D eigenvalue weighted by Gasteiger charge is 2.35. The van der Waals surface area contributed by atoms with Gasteiger partial charge < -0.3 is 14.2 Å². The average Bonchev–Trinajstić information content (AvgIpc) is 2.98. The molecule has 1 aliphatic carbocycles. The van der Waals surface area contributed by atoms with E-state index >= 15 is 0 Å². The minimum absolute atomic E-state index is 0.219. The lowest BCUT2D eigenvalue weighted by Gasteiger charge is -2.11. The van der Waals surface area contributed by atoms with Crippen LogP contribution >= 0.6 is 11.6 Å². The van der Waals surface area contributed by atoms with Crippen LogP contribution in [-0.4, -0.2) is 19.4 Å². The van der Waals surface area contributed by atoms with Crippen LogP contribution in [0.15, 0.2) is 17.7 Å². The van der Waals surface area contributed by atoms with Gasteiger partial charge in [0.25, 0.3) is 0 Å².